The molecule has 0 fully saturated rings. The monoisotopic (exact) mass is 272 g/mol. The average Bonchev–Trinajstić information content (AvgIpc) is 3.06. The number of benzene rings is 1. The van der Waals surface area contributed by atoms with E-state index in [-0.39, 0.29) is 6.61 Å². The second-order valence-electron chi connectivity index (χ2n) is 4.54. The number of aliphatic hydroxyl groups is 1. The van der Waals surface area contributed by atoms with Crippen molar-refractivity contribution >= 4 is 22.2 Å². The van der Waals surface area contributed by atoms with E-state index in [1.165, 1.54) is 5.01 Å². The molecule has 0 atom stereocenters. The topological polar surface area (TPSA) is 38.0 Å². The van der Waals surface area contributed by atoms with Gasteiger partial charge in [0.2, 0.25) is 0 Å². The van der Waals surface area contributed by atoms with Crippen molar-refractivity contribution in [3.8, 4) is 0 Å². The SMILES string of the molecule is CCc1nc(Cn2ccc3c(CO)cccc32)cs1. The average molecular weight is 272 g/mol. The van der Waals surface area contributed by atoms with Crippen molar-refractivity contribution in [3.05, 3.63) is 52.1 Å². The van der Waals surface area contributed by atoms with Crippen LogP contribution in [0.1, 0.15) is 23.2 Å². The van der Waals surface area contributed by atoms with Crippen LogP contribution in [-0.2, 0) is 19.6 Å². The summed E-state index contributed by atoms with van der Waals surface area (Å²) < 4.78 is 2.18. The zero-order valence-electron chi connectivity index (χ0n) is 10.8. The molecule has 1 aromatic carbocycles. The molecule has 19 heavy (non-hydrogen) atoms. The van der Waals surface area contributed by atoms with Gasteiger partial charge in [-0.05, 0) is 24.1 Å². The highest BCUT2D eigenvalue weighted by molar-refractivity contribution is 7.09. The fraction of sp³-hybridized carbons (Fsp3) is 0.267. The summed E-state index contributed by atoms with van der Waals surface area (Å²) in [6, 6.07) is 8.10. The van der Waals surface area contributed by atoms with E-state index in [1.807, 2.05) is 12.1 Å². The van der Waals surface area contributed by atoms with Crippen LogP contribution in [0.15, 0.2) is 35.8 Å². The lowest BCUT2D eigenvalue weighted by Gasteiger charge is -2.04. The van der Waals surface area contributed by atoms with Crippen LogP contribution < -0.4 is 0 Å². The maximum Gasteiger partial charge on any atom is 0.0926 e. The number of hydrogen-bond donors (Lipinski definition) is 1. The molecule has 0 saturated carbocycles. The highest BCUT2D eigenvalue weighted by atomic mass is 32.1. The van der Waals surface area contributed by atoms with E-state index in [4.69, 9.17) is 0 Å². The molecule has 0 saturated heterocycles. The first kappa shape index (κ1) is 12.4. The Bertz CT molecular complexity index is 699. The van der Waals surface area contributed by atoms with Crippen LogP contribution in [0.25, 0.3) is 10.9 Å². The summed E-state index contributed by atoms with van der Waals surface area (Å²) in [5.41, 5.74) is 3.23. The molecule has 4 heteroatoms. The smallest absolute Gasteiger partial charge is 0.0926 e. The molecule has 0 aliphatic heterocycles. The number of thiazole rings is 1. The van der Waals surface area contributed by atoms with E-state index in [9.17, 15) is 5.11 Å². The third kappa shape index (κ3) is 2.29. The van der Waals surface area contributed by atoms with Crippen LogP contribution in [0.5, 0.6) is 0 Å². The molecule has 0 radical (unpaired) electrons. The summed E-state index contributed by atoms with van der Waals surface area (Å²) in [7, 11) is 0. The minimum absolute atomic E-state index is 0.0814. The van der Waals surface area contributed by atoms with Crippen LogP contribution >= 0.6 is 11.3 Å². The number of aromatic nitrogens is 2. The quantitative estimate of drug-likeness (QED) is 0.792. The molecule has 0 aliphatic carbocycles. The highest BCUT2D eigenvalue weighted by Crippen LogP contribution is 2.22. The molecule has 2 aromatic heterocycles. The summed E-state index contributed by atoms with van der Waals surface area (Å²) in [6.07, 6.45) is 3.06. The summed E-state index contributed by atoms with van der Waals surface area (Å²) >= 11 is 1.72. The second kappa shape index (κ2) is 5.15. The first-order chi connectivity index (χ1) is 9.31. The molecular formula is C15H16N2OS. The Morgan fingerprint density at radius 1 is 1.32 bits per heavy atom. The van der Waals surface area contributed by atoms with Crippen molar-refractivity contribution in [1.29, 1.82) is 0 Å². The van der Waals surface area contributed by atoms with Gasteiger partial charge < -0.3 is 9.67 Å². The summed E-state index contributed by atoms with van der Waals surface area (Å²) in [5, 5.41) is 13.8. The van der Waals surface area contributed by atoms with Gasteiger partial charge in [-0.3, -0.25) is 0 Å². The molecule has 3 nitrogen and oxygen atoms in total. The van der Waals surface area contributed by atoms with E-state index in [2.05, 4.69) is 40.2 Å². The first-order valence-corrected chi connectivity index (χ1v) is 7.30. The maximum absolute atomic E-state index is 9.35. The second-order valence-corrected chi connectivity index (χ2v) is 5.48. The Kier molecular flexibility index (Phi) is 3.36. The van der Waals surface area contributed by atoms with Gasteiger partial charge >= 0.3 is 0 Å². The van der Waals surface area contributed by atoms with E-state index < -0.39 is 0 Å². The van der Waals surface area contributed by atoms with Gasteiger partial charge in [0, 0.05) is 22.5 Å². The highest BCUT2D eigenvalue weighted by Gasteiger charge is 2.07. The number of aryl methyl sites for hydroxylation is 1. The van der Waals surface area contributed by atoms with Crippen molar-refractivity contribution in [3.63, 3.8) is 0 Å². The first-order valence-electron chi connectivity index (χ1n) is 6.42. The molecule has 0 bridgehead atoms. The predicted molar refractivity (Wildman–Crippen MR) is 78.5 cm³/mol. The molecule has 0 amide bonds. The van der Waals surface area contributed by atoms with Gasteiger partial charge in [-0.15, -0.1) is 11.3 Å². The Balaban J connectivity index is 1.97. The van der Waals surface area contributed by atoms with E-state index in [1.54, 1.807) is 11.3 Å². The van der Waals surface area contributed by atoms with Crippen LogP contribution in [-0.4, -0.2) is 14.7 Å². The normalized spacial score (nSPS) is 11.3. The third-order valence-electron chi connectivity index (χ3n) is 3.31. The molecule has 0 unspecified atom stereocenters. The van der Waals surface area contributed by atoms with Crippen LogP contribution in [0, 0.1) is 0 Å². The molecule has 1 N–H and O–H groups in total. The Hall–Kier alpha value is -1.65. The van der Waals surface area contributed by atoms with Gasteiger partial charge in [-0.25, -0.2) is 4.98 Å². The predicted octanol–water partition coefficient (Wildman–Crippen LogP) is 3.20. The fourth-order valence-electron chi connectivity index (χ4n) is 2.32. The number of rotatable bonds is 4. The molecule has 2 heterocycles. The van der Waals surface area contributed by atoms with Crippen molar-refractivity contribution < 1.29 is 5.11 Å². The molecule has 3 rings (SSSR count). The molecule has 0 spiro atoms. The molecule has 3 aromatic rings. The van der Waals surface area contributed by atoms with E-state index in [0.717, 1.165) is 35.1 Å². The lowest BCUT2D eigenvalue weighted by atomic mass is 10.1. The number of nitrogens with zero attached hydrogens (tertiary/aromatic N) is 2. The van der Waals surface area contributed by atoms with Gasteiger partial charge in [0.15, 0.2) is 0 Å². The lowest BCUT2D eigenvalue weighted by Crippen LogP contribution is -1.98. The fourth-order valence-corrected chi connectivity index (χ4v) is 3.06. The summed E-state index contributed by atoms with van der Waals surface area (Å²) in [5.74, 6) is 0. The minimum Gasteiger partial charge on any atom is -0.392 e. The van der Waals surface area contributed by atoms with Crippen molar-refractivity contribution in [2.45, 2.75) is 26.5 Å². The van der Waals surface area contributed by atoms with Crippen molar-refractivity contribution in [2.75, 3.05) is 0 Å². The number of fused-ring (bicyclic) bond motifs is 1. The Labute approximate surface area is 116 Å². The minimum atomic E-state index is 0.0814. The molecular weight excluding hydrogens is 256 g/mol. The van der Waals surface area contributed by atoms with Gasteiger partial charge in [-0.2, -0.15) is 0 Å². The van der Waals surface area contributed by atoms with Crippen molar-refractivity contribution in [1.82, 2.24) is 9.55 Å². The summed E-state index contributed by atoms with van der Waals surface area (Å²) in [4.78, 5) is 4.60. The number of aliphatic hydroxyl groups excluding tert-OH is 1. The maximum atomic E-state index is 9.35. The van der Waals surface area contributed by atoms with Crippen molar-refractivity contribution in [2.24, 2.45) is 0 Å². The van der Waals surface area contributed by atoms with Crippen LogP contribution in [0.4, 0.5) is 0 Å². The van der Waals surface area contributed by atoms with Gasteiger partial charge in [0.05, 0.1) is 23.9 Å². The van der Waals surface area contributed by atoms with E-state index >= 15 is 0 Å². The number of hydrogen-bond acceptors (Lipinski definition) is 3. The summed E-state index contributed by atoms with van der Waals surface area (Å²) in [6.45, 7) is 2.99. The largest absolute Gasteiger partial charge is 0.392 e. The van der Waals surface area contributed by atoms with E-state index in [0.29, 0.717) is 0 Å². The Morgan fingerprint density at radius 3 is 2.95 bits per heavy atom. The van der Waals surface area contributed by atoms with Crippen LogP contribution in [0.2, 0.25) is 0 Å². The van der Waals surface area contributed by atoms with Crippen LogP contribution in [0.3, 0.4) is 0 Å². The standard InChI is InChI=1S/C15H16N2OS/c1-2-15-16-12(10-19-15)8-17-7-6-13-11(9-18)4-3-5-14(13)17/h3-7,10,18H,2,8-9H2,1H3. The van der Waals surface area contributed by atoms with Gasteiger partial charge in [0.1, 0.15) is 0 Å². The van der Waals surface area contributed by atoms with Gasteiger partial charge in [0.25, 0.3) is 0 Å². The zero-order chi connectivity index (χ0) is 13.2. The third-order valence-corrected chi connectivity index (χ3v) is 4.35. The zero-order valence-corrected chi connectivity index (χ0v) is 11.7. The Morgan fingerprint density at radius 2 is 2.21 bits per heavy atom. The lowest BCUT2D eigenvalue weighted by molar-refractivity contribution is 0.283. The van der Waals surface area contributed by atoms with Gasteiger partial charge in [-0.1, -0.05) is 19.1 Å². The molecule has 0 aliphatic rings. The molecule has 98 valence electrons.